The van der Waals surface area contributed by atoms with Crippen LogP contribution in [0.2, 0.25) is 0 Å². The number of ketones is 1. The number of ether oxygens (including phenoxy) is 7. The number of rotatable bonds is 7. The van der Waals surface area contributed by atoms with Crippen molar-refractivity contribution in [2.24, 2.45) is 23.7 Å². The first-order valence-electron chi connectivity index (χ1n) is 17.6. The molecule has 18 atom stereocenters. The molecule has 0 radical (unpaired) electrons. The highest BCUT2D eigenvalue weighted by atomic mass is 127. The molecule has 3 fully saturated rings. The van der Waals surface area contributed by atoms with Gasteiger partial charge < -0.3 is 58.9 Å². The van der Waals surface area contributed by atoms with Gasteiger partial charge in [0.15, 0.2) is 16.7 Å². The quantitative estimate of drug-likeness (QED) is 0.142. The van der Waals surface area contributed by atoms with E-state index in [0.29, 0.717) is 6.42 Å². The van der Waals surface area contributed by atoms with Crippen molar-refractivity contribution in [2.45, 2.75) is 164 Å². The topological polar surface area (TPSA) is 192 Å². The summed E-state index contributed by atoms with van der Waals surface area (Å²) < 4.78 is 42.1. The molecule has 15 heteroatoms. The lowest BCUT2D eigenvalue weighted by Gasteiger charge is -2.49. The average Bonchev–Trinajstić information content (AvgIpc) is 3.07. The monoisotopic (exact) mass is 831 g/mol. The Labute approximate surface area is 310 Å². The predicted molar refractivity (Wildman–Crippen MR) is 190 cm³/mol. The molecular formula is C35H62INO13. The molecule has 0 spiro atoms. The van der Waals surface area contributed by atoms with Crippen LogP contribution in [0.4, 0.5) is 0 Å². The maximum absolute atomic E-state index is 14.0. The summed E-state index contributed by atoms with van der Waals surface area (Å²) in [6.45, 7) is 15.2. The van der Waals surface area contributed by atoms with Crippen molar-refractivity contribution in [3.63, 3.8) is 0 Å². The van der Waals surface area contributed by atoms with Crippen LogP contribution in [-0.2, 0) is 42.7 Å². The van der Waals surface area contributed by atoms with Crippen molar-refractivity contribution in [3.8, 4) is 0 Å². The Morgan fingerprint density at radius 3 is 2.02 bits per heavy atom. The molecule has 0 amide bonds. The second kappa shape index (κ2) is 17.3. The van der Waals surface area contributed by atoms with Gasteiger partial charge in [0.05, 0.1) is 47.6 Å². The van der Waals surface area contributed by atoms with Gasteiger partial charge in [-0.15, -0.1) is 0 Å². The van der Waals surface area contributed by atoms with Gasteiger partial charge in [0.2, 0.25) is 0 Å². The Kier molecular flexibility index (Phi) is 15.1. The molecule has 5 N–H and O–H groups in total. The third-order valence-corrected chi connectivity index (χ3v) is 12.9. The maximum Gasteiger partial charge on any atom is 0.312 e. The normalized spacial score (nSPS) is 50.4. The van der Waals surface area contributed by atoms with Crippen molar-refractivity contribution >= 4 is 34.3 Å². The molecule has 3 aliphatic rings. The van der Waals surface area contributed by atoms with Crippen molar-refractivity contribution in [1.29, 1.82) is 0 Å². The molecule has 0 aromatic heterocycles. The van der Waals surface area contributed by atoms with Crippen molar-refractivity contribution < 1.29 is 63.2 Å². The van der Waals surface area contributed by atoms with E-state index >= 15 is 0 Å². The number of hydrogen-bond acceptors (Lipinski definition) is 14. The van der Waals surface area contributed by atoms with Gasteiger partial charge in [-0.3, -0.25) is 9.59 Å². The fourth-order valence-electron chi connectivity index (χ4n) is 7.79. The number of likely N-dealkylation sites (N-methyl/N-ethyl adjacent to an activating group) is 1. The number of carbonyl (C=O) groups excluding carboxylic acids is 2. The van der Waals surface area contributed by atoms with E-state index in [2.05, 4.69) is 5.32 Å². The minimum Gasteiger partial charge on any atom is -0.448 e. The lowest BCUT2D eigenvalue weighted by atomic mass is 9.74. The zero-order valence-corrected chi connectivity index (χ0v) is 33.8. The number of Topliss-reactive ketones (excluding diaryl/α,β-unsaturated/α-hetero) is 1. The second-order valence-electron chi connectivity index (χ2n) is 15.4. The minimum atomic E-state index is -1.99. The number of esters is 1. The molecule has 0 aromatic rings. The first kappa shape index (κ1) is 43.8. The molecule has 14 nitrogen and oxygen atoms in total. The minimum absolute atomic E-state index is 0.106. The third kappa shape index (κ3) is 9.20. The number of nitrogens with one attached hydrogen (secondary N) is 1. The van der Waals surface area contributed by atoms with Gasteiger partial charge in [0, 0.05) is 44.4 Å². The predicted octanol–water partition coefficient (Wildman–Crippen LogP) is 2.08. The van der Waals surface area contributed by atoms with Crippen LogP contribution in [0.1, 0.15) is 81.6 Å². The molecular weight excluding hydrogens is 769 g/mol. The summed E-state index contributed by atoms with van der Waals surface area (Å²) in [5.74, 6) is -4.53. The van der Waals surface area contributed by atoms with Crippen LogP contribution in [0, 0.1) is 23.7 Å². The van der Waals surface area contributed by atoms with E-state index in [4.69, 9.17) is 33.2 Å². The third-order valence-electron chi connectivity index (χ3n) is 11.4. The summed E-state index contributed by atoms with van der Waals surface area (Å²) in [4.78, 5) is 27.8. The lowest BCUT2D eigenvalue weighted by Crippen LogP contribution is -2.61. The highest BCUT2D eigenvalue weighted by Gasteiger charge is 2.53. The van der Waals surface area contributed by atoms with Gasteiger partial charge >= 0.3 is 5.97 Å². The van der Waals surface area contributed by atoms with E-state index in [1.165, 1.54) is 28.1 Å². The zero-order valence-electron chi connectivity index (χ0n) is 31.6. The molecule has 3 aliphatic heterocycles. The summed E-state index contributed by atoms with van der Waals surface area (Å²) in [6, 6.07) is -0.334. The SMILES string of the molecule is CN[C@H]1C[C@@H](C)O[C@@H](O[C@@H]2[C@@H](C)[C@H](O[C@H]3C[C@@](C)(OC)[C@@H](O)[C@H](C)O3)[C@@H](C)C(=O)O[C@H](I)[C@@](C)(O)[C@H](O)[C@@H](C)C(=O)[C@H](C)C[C@@]2(C)OC)[C@@H]1O. The highest BCUT2D eigenvalue weighted by Crippen LogP contribution is 2.41. The Morgan fingerprint density at radius 2 is 1.46 bits per heavy atom. The van der Waals surface area contributed by atoms with E-state index in [-0.39, 0.29) is 30.8 Å². The van der Waals surface area contributed by atoms with E-state index in [1.54, 1.807) is 64.3 Å². The van der Waals surface area contributed by atoms with E-state index in [0.717, 1.165) is 0 Å². The van der Waals surface area contributed by atoms with E-state index in [9.17, 15) is 30.0 Å². The Bertz CT molecular complexity index is 1150. The van der Waals surface area contributed by atoms with Gasteiger partial charge in [-0.2, -0.15) is 0 Å². The van der Waals surface area contributed by atoms with Crippen molar-refractivity contribution in [3.05, 3.63) is 0 Å². The van der Waals surface area contributed by atoms with Crippen LogP contribution in [0.5, 0.6) is 0 Å². The van der Waals surface area contributed by atoms with Gasteiger partial charge in [-0.1, -0.05) is 20.8 Å². The fraction of sp³-hybridized carbons (Fsp3) is 0.943. The summed E-state index contributed by atoms with van der Waals surface area (Å²) in [6.07, 6.45) is -7.80. The van der Waals surface area contributed by atoms with Crippen LogP contribution in [0.15, 0.2) is 0 Å². The molecule has 0 aliphatic carbocycles. The number of aliphatic hydroxyl groups is 4. The molecule has 3 rings (SSSR count). The molecule has 0 unspecified atom stereocenters. The lowest BCUT2D eigenvalue weighted by molar-refractivity contribution is -0.317. The first-order chi connectivity index (χ1) is 23.1. The largest absolute Gasteiger partial charge is 0.448 e. The number of carbonyl (C=O) groups is 2. The number of aliphatic hydroxyl groups excluding tert-OH is 3. The molecule has 0 bridgehead atoms. The second-order valence-corrected chi connectivity index (χ2v) is 16.5. The van der Waals surface area contributed by atoms with Crippen LogP contribution in [-0.4, -0.2) is 136 Å². The summed E-state index contributed by atoms with van der Waals surface area (Å²) in [5.41, 5.74) is -4.26. The molecule has 292 valence electrons. The summed E-state index contributed by atoms with van der Waals surface area (Å²) >= 11 is 1.75. The van der Waals surface area contributed by atoms with Crippen molar-refractivity contribution in [2.75, 3.05) is 21.3 Å². The van der Waals surface area contributed by atoms with Crippen LogP contribution in [0.25, 0.3) is 0 Å². The number of cyclic esters (lactones) is 1. The van der Waals surface area contributed by atoms with E-state index in [1.807, 2.05) is 13.8 Å². The van der Waals surface area contributed by atoms with Crippen molar-refractivity contribution in [1.82, 2.24) is 5.32 Å². The van der Waals surface area contributed by atoms with Crippen LogP contribution < -0.4 is 5.32 Å². The Morgan fingerprint density at radius 1 is 0.860 bits per heavy atom. The molecule has 0 saturated carbocycles. The van der Waals surface area contributed by atoms with Gasteiger partial charge in [-0.05, 0) is 84.0 Å². The van der Waals surface area contributed by atoms with Gasteiger partial charge in [0.25, 0.3) is 0 Å². The molecule has 3 saturated heterocycles. The average molecular weight is 832 g/mol. The smallest absolute Gasteiger partial charge is 0.312 e. The highest BCUT2D eigenvalue weighted by molar-refractivity contribution is 14.1. The molecule has 0 aromatic carbocycles. The maximum atomic E-state index is 14.0. The van der Waals surface area contributed by atoms with Gasteiger partial charge in [-0.25, -0.2) is 0 Å². The number of alkyl halides is 1. The first-order valence-corrected chi connectivity index (χ1v) is 18.9. The number of methoxy groups -OCH3 is 2. The number of halogens is 1. The standard InChI is InChI=1S/C35H62INO13/c1-16-14-34(8,45-12)29(49-31-25(39)22(37-10)13-17(2)46-31)19(4)26(48-23-15-33(7,44-11)28(41)21(6)47-23)20(5)30(42)50-32(36)35(9,43)27(40)18(3)24(16)38/h16-23,25-29,31-32,37,39-41,43H,13-15H2,1-12H3/t16-,17-,18+,19+,20-,21+,22+,23+,25-,26+,27-,28+,29-,31+,32+,33-,34-,35+/m1/s1. The van der Waals surface area contributed by atoms with Crippen LogP contribution >= 0.6 is 22.6 Å². The zero-order chi connectivity index (χ0) is 38.1. The fourth-order valence-corrected chi connectivity index (χ4v) is 8.41. The molecule has 3 heterocycles. The van der Waals surface area contributed by atoms with E-state index < -0.39 is 99.8 Å². The Hall–Kier alpha value is -0.570. The van der Waals surface area contributed by atoms with Gasteiger partial charge in [0.1, 0.15) is 23.6 Å². The summed E-state index contributed by atoms with van der Waals surface area (Å²) in [7, 11) is 4.74. The Balaban J connectivity index is 2.19. The van der Waals surface area contributed by atoms with Crippen LogP contribution in [0.3, 0.4) is 0 Å². The molecule has 50 heavy (non-hydrogen) atoms. The summed E-state index contributed by atoms with van der Waals surface area (Å²) in [5, 5.41) is 48.0. The number of hydrogen-bond donors (Lipinski definition) is 5.